The third kappa shape index (κ3) is 3.57. The number of methoxy groups -OCH3 is 1. The Morgan fingerprint density at radius 3 is 2.80 bits per heavy atom. The molecule has 0 bridgehead atoms. The molecule has 2 heterocycles. The van der Waals surface area contributed by atoms with Crippen molar-refractivity contribution < 1.29 is 9.53 Å². The van der Waals surface area contributed by atoms with Gasteiger partial charge >= 0.3 is 0 Å². The molecule has 3 aromatic rings. The molecule has 0 aliphatic rings. The van der Waals surface area contributed by atoms with Gasteiger partial charge in [0.1, 0.15) is 5.75 Å². The highest BCUT2D eigenvalue weighted by Gasteiger charge is 2.15. The minimum atomic E-state index is -0.0183. The number of rotatable bonds is 7. The number of pyridine rings is 1. The number of unbranched alkanes of at least 4 members (excludes halogenated alkanes) is 1. The third-order valence-corrected chi connectivity index (χ3v) is 4.18. The lowest BCUT2D eigenvalue weighted by Crippen LogP contribution is -2.11. The lowest BCUT2D eigenvalue weighted by Gasteiger charge is -2.04. The van der Waals surface area contributed by atoms with E-state index in [9.17, 15) is 4.79 Å². The van der Waals surface area contributed by atoms with E-state index >= 15 is 0 Å². The zero-order chi connectivity index (χ0) is 17.8. The smallest absolute Gasteiger partial charge is 0.225 e. The lowest BCUT2D eigenvalue weighted by molar-refractivity contribution is -0.116. The van der Waals surface area contributed by atoms with Crippen LogP contribution in [0.25, 0.3) is 21.9 Å². The number of anilines is 1. The summed E-state index contributed by atoms with van der Waals surface area (Å²) < 4.78 is 7.19. The van der Waals surface area contributed by atoms with Gasteiger partial charge in [-0.05, 0) is 37.1 Å². The van der Waals surface area contributed by atoms with Crippen molar-refractivity contribution in [2.75, 3.05) is 12.4 Å². The van der Waals surface area contributed by atoms with Crippen molar-refractivity contribution in [3.05, 3.63) is 24.3 Å². The largest absolute Gasteiger partial charge is 0.497 e. The van der Waals surface area contributed by atoms with Crippen LogP contribution in [0.1, 0.15) is 39.5 Å². The Hall–Kier alpha value is -2.63. The molecule has 0 spiro atoms. The quantitative estimate of drug-likeness (QED) is 0.702. The Labute approximate surface area is 147 Å². The normalized spacial score (nSPS) is 11.2. The van der Waals surface area contributed by atoms with E-state index < -0.39 is 0 Å². The van der Waals surface area contributed by atoms with Gasteiger partial charge in [0.2, 0.25) is 5.91 Å². The fraction of sp³-hybridized carbons (Fsp3) is 0.421. The first-order chi connectivity index (χ1) is 12.2. The molecule has 6 nitrogen and oxygen atoms in total. The van der Waals surface area contributed by atoms with Crippen LogP contribution >= 0.6 is 0 Å². The minimum Gasteiger partial charge on any atom is -0.497 e. The molecule has 0 atom stereocenters. The van der Waals surface area contributed by atoms with Gasteiger partial charge in [-0.3, -0.25) is 4.79 Å². The number of nitrogens with zero attached hydrogens (tertiary/aromatic N) is 3. The standard InChI is InChI=1S/C19H24N4O2/c1-4-6-10-23-19-15(18(22-23)21-17(24)7-5-2)12-13-11-14(25-3)8-9-16(13)20-19/h8-9,11-12H,4-7,10H2,1-3H3,(H,21,22,24). The number of nitrogens with one attached hydrogen (secondary N) is 1. The SMILES string of the molecule is CCCCn1nc(NC(=O)CCC)c2cc3cc(OC)ccc3nc21. The first-order valence-electron chi connectivity index (χ1n) is 8.81. The van der Waals surface area contributed by atoms with Gasteiger partial charge in [0, 0.05) is 18.4 Å². The second-order valence-corrected chi connectivity index (χ2v) is 6.14. The molecule has 6 heteroatoms. The number of hydrogen-bond donors (Lipinski definition) is 1. The fourth-order valence-corrected chi connectivity index (χ4v) is 2.84. The number of aromatic nitrogens is 3. The number of hydrogen-bond acceptors (Lipinski definition) is 4. The maximum Gasteiger partial charge on any atom is 0.225 e. The molecule has 1 amide bonds. The van der Waals surface area contributed by atoms with Crippen molar-refractivity contribution in [3.8, 4) is 5.75 Å². The summed E-state index contributed by atoms with van der Waals surface area (Å²) in [6.07, 6.45) is 3.38. The minimum absolute atomic E-state index is 0.0183. The Kier molecular flexibility index (Phi) is 5.16. The Morgan fingerprint density at radius 2 is 2.08 bits per heavy atom. The summed E-state index contributed by atoms with van der Waals surface area (Å²) in [5.74, 6) is 1.35. The number of aryl methyl sites for hydroxylation is 1. The second-order valence-electron chi connectivity index (χ2n) is 6.14. The van der Waals surface area contributed by atoms with E-state index in [4.69, 9.17) is 9.72 Å². The first-order valence-corrected chi connectivity index (χ1v) is 8.81. The van der Waals surface area contributed by atoms with E-state index in [1.807, 2.05) is 35.9 Å². The second kappa shape index (κ2) is 7.51. The molecule has 1 N–H and O–H groups in total. The van der Waals surface area contributed by atoms with Crippen LogP contribution in [0.15, 0.2) is 24.3 Å². The molecule has 25 heavy (non-hydrogen) atoms. The first kappa shape index (κ1) is 17.2. The summed E-state index contributed by atoms with van der Waals surface area (Å²) in [7, 11) is 1.65. The molecule has 0 radical (unpaired) electrons. The predicted molar refractivity (Wildman–Crippen MR) is 100 cm³/mol. The molecule has 0 unspecified atom stereocenters. The molecule has 0 fully saturated rings. The topological polar surface area (TPSA) is 69.0 Å². The summed E-state index contributed by atoms with van der Waals surface area (Å²) in [5.41, 5.74) is 1.69. The molecule has 0 saturated carbocycles. The van der Waals surface area contributed by atoms with E-state index in [2.05, 4.69) is 17.3 Å². The molecule has 3 rings (SSSR count). The predicted octanol–water partition coefficient (Wildman–Crippen LogP) is 4.13. The summed E-state index contributed by atoms with van der Waals surface area (Å²) >= 11 is 0. The van der Waals surface area contributed by atoms with Crippen molar-refractivity contribution in [1.29, 1.82) is 0 Å². The summed E-state index contributed by atoms with van der Waals surface area (Å²) in [6.45, 7) is 4.91. The van der Waals surface area contributed by atoms with Crippen LogP contribution < -0.4 is 10.1 Å². The van der Waals surface area contributed by atoms with Crippen LogP contribution in [0.3, 0.4) is 0 Å². The Morgan fingerprint density at radius 1 is 1.24 bits per heavy atom. The highest BCUT2D eigenvalue weighted by Crippen LogP contribution is 2.28. The van der Waals surface area contributed by atoms with Crippen LogP contribution in [0, 0.1) is 0 Å². The zero-order valence-corrected chi connectivity index (χ0v) is 15.0. The average molecular weight is 340 g/mol. The van der Waals surface area contributed by atoms with E-state index in [-0.39, 0.29) is 5.91 Å². The lowest BCUT2D eigenvalue weighted by atomic mass is 10.1. The van der Waals surface area contributed by atoms with Gasteiger partial charge in [-0.15, -0.1) is 0 Å². The fourth-order valence-electron chi connectivity index (χ4n) is 2.84. The van der Waals surface area contributed by atoms with Crippen LogP contribution in [0.5, 0.6) is 5.75 Å². The van der Waals surface area contributed by atoms with Crippen molar-refractivity contribution in [2.45, 2.75) is 46.1 Å². The third-order valence-electron chi connectivity index (χ3n) is 4.18. The highest BCUT2D eigenvalue weighted by molar-refractivity contribution is 6.02. The maximum atomic E-state index is 12.0. The number of amides is 1. The Bertz CT molecular complexity index is 901. The van der Waals surface area contributed by atoms with Gasteiger partial charge in [0.25, 0.3) is 0 Å². The molecule has 132 valence electrons. The van der Waals surface area contributed by atoms with Crippen LogP contribution in [-0.2, 0) is 11.3 Å². The van der Waals surface area contributed by atoms with Gasteiger partial charge < -0.3 is 10.1 Å². The van der Waals surface area contributed by atoms with E-state index in [0.29, 0.717) is 12.2 Å². The van der Waals surface area contributed by atoms with Gasteiger partial charge in [-0.25, -0.2) is 9.67 Å². The molecular formula is C19H24N4O2. The summed E-state index contributed by atoms with van der Waals surface area (Å²) in [4.78, 5) is 16.8. The molecule has 0 aliphatic heterocycles. The van der Waals surface area contributed by atoms with Crippen molar-refractivity contribution in [1.82, 2.24) is 14.8 Å². The number of ether oxygens (including phenoxy) is 1. The highest BCUT2D eigenvalue weighted by atomic mass is 16.5. The van der Waals surface area contributed by atoms with Crippen molar-refractivity contribution in [3.63, 3.8) is 0 Å². The van der Waals surface area contributed by atoms with Crippen molar-refractivity contribution >= 4 is 33.7 Å². The van der Waals surface area contributed by atoms with Gasteiger partial charge in [-0.1, -0.05) is 20.3 Å². The molecule has 2 aromatic heterocycles. The molecule has 1 aromatic carbocycles. The number of fused-ring (bicyclic) bond motifs is 2. The molecule has 0 aliphatic carbocycles. The van der Waals surface area contributed by atoms with Crippen LogP contribution in [-0.4, -0.2) is 27.8 Å². The number of benzene rings is 1. The van der Waals surface area contributed by atoms with Crippen LogP contribution in [0.4, 0.5) is 5.82 Å². The van der Waals surface area contributed by atoms with E-state index in [1.54, 1.807) is 7.11 Å². The molecule has 0 saturated heterocycles. The van der Waals surface area contributed by atoms with Gasteiger partial charge in [0.05, 0.1) is 18.0 Å². The van der Waals surface area contributed by atoms with Gasteiger partial charge in [-0.2, -0.15) is 5.10 Å². The van der Waals surface area contributed by atoms with Gasteiger partial charge in [0.15, 0.2) is 11.5 Å². The number of carbonyl (C=O) groups is 1. The van der Waals surface area contributed by atoms with E-state index in [0.717, 1.165) is 53.5 Å². The van der Waals surface area contributed by atoms with E-state index in [1.165, 1.54) is 0 Å². The summed E-state index contributed by atoms with van der Waals surface area (Å²) in [6, 6.07) is 7.82. The Balaban J connectivity index is 2.12. The summed E-state index contributed by atoms with van der Waals surface area (Å²) in [5, 5.41) is 9.37. The maximum absolute atomic E-state index is 12.0. The number of carbonyl (C=O) groups excluding carboxylic acids is 1. The zero-order valence-electron chi connectivity index (χ0n) is 15.0. The monoisotopic (exact) mass is 340 g/mol. The molecular weight excluding hydrogens is 316 g/mol. The van der Waals surface area contributed by atoms with Crippen LogP contribution in [0.2, 0.25) is 0 Å². The average Bonchev–Trinajstić information content (AvgIpc) is 2.94. The van der Waals surface area contributed by atoms with Crippen molar-refractivity contribution in [2.24, 2.45) is 0 Å².